The first-order valence-corrected chi connectivity index (χ1v) is 5.47. The zero-order valence-electron chi connectivity index (χ0n) is 9.39. The summed E-state index contributed by atoms with van der Waals surface area (Å²) in [6.45, 7) is 0. The summed E-state index contributed by atoms with van der Waals surface area (Å²) in [5, 5.41) is 0. The summed E-state index contributed by atoms with van der Waals surface area (Å²) < 4.78 is 0. The van der Waals surface area contributed by atoms with Gasteiger partial charge in [0.25, 0.3) is 0 Å². The van der Waals surface area contributed by atoms with E-state index in [1.165, 1.54) is 0 Å². The molecule has 0 aliphatic rings. The highest BCUT2D eigenvalue weighted by molar-refractivity contribution is 5.77. The zero-order chi connectivity index (χ0) is 11.9. The van der Waals surface area contributed by atoms with E-state index >= 15 is 0 Å². The molecule has 0 heterocycles. The van der Waals surface area contributed by atoms with Crippen LogP contribution in [0.3, 0.4) is 0 Å². The number of hydrogen-bond donors (Lipinski definition) is 0. The van der Waals surface area contributed by atoms with E-state index in [1.54, 1.807) is 0 Å². The summed E-state index contributed by atoms with van der Waals surface area (Å²) in [5.41, 5.74) is 2.69. The van der Waals surface area contributed by atoms with Gasteiger partial charge in [-0.15, -0.1) is 0 Å². The number of carbonyl (C=O) groups is 1. The first-order valence-electron chi connectivity index (χ1n) is 5.47. The molecule has 2 aromatic carbocycles. The van der Waals surface area contributed by atoms with Crippen molar-refractivity contribution in [3.05, 3.63) is 71.3 Å². The van der Waals surface area contributed by atoms with Crippen molar-refractivity contribution in [1.29, 1.82) is 0 Å². The summed E-state index contributed by atoms with van der Waals surface area (Å²) in [7, 11) is 0. The Bertz CT molecular complexity index is 559. The molecule has 2 rings (SSSR count). The van der Waals surface area contributed by atoms with Crippen LogP contribution in [0, 0.1) is 11.8 Å². The highest BCUT2D eigenvalue weighted by Gasteiger charge is 1.97. The van der Waals surface area contributed by atoms with Crippen LogP contribution < -0.4 is 0 Å². The Morgan fingerprint density at radius 3 is 2.41 bits per heavy atom. The van der Waals surface area contributed by atoms with Crippen LogP contribution in [0.25, 0.3) is 0 Å². The predicted molar refractivity (Wildman–Crippen MR) is 68.9 cm³/mol. The van der Waals surface area contributed by atoms with Crippen molar-refractivity contribution in [3.8, 4) is 11.8 Å². The number of hydrogen-bond acceptors (Lipinski definition) is 1. The van der Waals surface area contributed by atoms with Crippen LogP contribution >= 0.6 is 0 Å². The fourth-order valence-electron chi connectivity index (χ4n) is 1.57. The van der Waals surface area contributed by atoms with Crippen molar-refractivity contribution in [1.82, 2.24) is 0 Å². The highest BCUT2D eigenvalue weighted by atomic mass is 16.1. The molecule has 0 unspecified atom stereocenters. The van der Waals surface area contributed by atoms with Crippen molar-refractivity contribution in [2.45, 2.75) is 6.42 Å². The average molecular weight is 220 g/mol. The Morgan fingerprint density at radius 1 is 0.941 bits per heavy atom. The molecule has 0 aliphatic carbocycles. The molecular weight excluding hydrogens is 208 g/mol. The van der Waals surface area contributed by atoms with Crippen LogP contribution in [0.1, 0.15) is 21.5 Å². The maximum atomic E-state index is 10.8. The van der Waals surface area contributed by atoms with E-state index in [0.29, 0.717) is 6.42 Å². The molecule has 1 heteroatoms. The summed E-state index contributed by atoms with van der Waals surface area (Å²) in [5.74, 6) is 6.16. The fraction of sp³-hybridized carbons (Fsp3) is 0.0625. The largest absolute Gasteiger partial charge is 0.298 e. The van der Waals surface area contributed by atoms with Gasteiger partial charge in [0.2, 0.25) is 0 Å². The molecule has 0 atom stereocenters. The number of rotatable bonds is 2. The molecule has 0 saturated carbocycles. The second-order valence-electron chi connectivity index (χ2n) is 3.66. The summed E-state index contributed by atoms with van der Waals surface area (Å²) in [6, 6.07) is 17.4. The third kappa shape index (κ3) is 3.06. The van der Waals surface area contributed by atoms with Crippen molar-refractivity contribution >= 4 is 6.29 Å². The molecule has 0 bridgehead atoms. The summed E-state index contributed by atoms with van der Waals surface area (Å²) in [4.78, 5) is 10.8. The smallest absolute Gasteiger partial charge is 0.150 e. The second-order valence-corrected chi connectivity index (χ2v) is 3.66. The lowest BCUT2D eigenvalue weighted by atomic mass is 10.1. The van der Waals surface area contributed by atoms with Crippen molar-refractivity contribution in [2.24, 2.45) is 0 Å². The summed E-state index contributed by atoms with van der Waals surface area (Å²) in [6.07, 6.45) is 1.48. The second kappa shape index (κ2) is 5.67. The van der Waals surface area contributed by atoms with Crippen LogP contribution in [-0.2, 0) is 6.42 Å². The molecule has 0 radical (unpaired) electrons. The minimum absolute atomic E-state index is 0.601. The van der Waals surface area contributed by atoms with Crippen molar-refractivity contribution in [2.75, 3.05) is 0 Å². The lowest BCUT2D eigenvalue weighted by molar-refractivity contribution is 0.112. The molecule has 17 heavy (non-hydrogen) atoms. The third-order valence-corrected chi connectivity index (χ3v) is 2.47. The highest BCUT2D eigenvalue weighted by Crippen LogP contribution is 2.06. The quantitative estimate of drug-likeness (QED) is 0.561. The lowest BCUT2D eigenvalue weighted by Crippen LogP contribution is -1.90. The minimum atomic E-state index is 0.601. The molecule has 0 fully saturated rings. The molecule has 0 spiro atoms. The van der Waals surface area contributed by atoms with E-state index in [0.717, 1.165) is 23.0 Å². The Labute approximate surface area is 101 Å². The Kier molecular flexibility index (Phi) is 3.72. The van der Waals surface area contributed by atoms with Gasteiger partial charge in [0.15, 0.2) is 0 Å². The van der Waals surface area contributed by atoms with E-state index in [4.69, 9.17) is 0 Å². The maximum Gasteiger partial charge on any atom is 0.150 e. The molecule has 0 amide bonds. The Hall–Kier alpha value is -2.33. The van der Waals surface area contributed by atoms with Gasteiger partial charge >= 0.3 is 0 Å². The van der Waals surface area contributed by atoms with Gasteiger partial charge < -0.3 is 0 Å². The minimum Gasteiger partial charge on any atom is -0.298 e. The average Bonchev–Trinajstić information content (AvgIpc) is 2.40. The molecule has 82 valence electrons. The van der Waals surface area contributed by atoms with Crippen molar-refractivity contribution in [3.63, 3.8) is 0 Å². The fourth-order valence-corrected chi connectivity index (χ4v) is 1.57. The van der Waals surface area contributed by atoms with E-state index in [9.17, 15) is 4.79 Å². The Morgan fingerprint density at radius 2 is 1.65 bits per heavy atom. The molecule has 1 nitrogen and oxygen atoms in total. The van der Waals surface area contributed by atoms with Gasteiger partial charge in [0.1, 0.15) is 6.29 Å². The molecule has 2 aromatic rings. The van der Waals surface area contributed by atoms with Crippen LogP contribution in [0.2, 0.25) is 0 Å². The van der Waals surface area contributed by atoms with Crippen LogP contribution in [0.15, 0.2) is 54.6 Å². The number of benzene rings is 2. The molecular formula is C16H12O. The Balaban J connectivity index is 2.13. The monoisotopic (exact) mass is 220 g/mol. The number of aldehydes is 1. The predicted octanol–water partition coefficient (Wildman–Crippen LogP) is 3.09. The van der Waals surface area contributed by atoms with Gasteiger partial charge in [0, 0.05) is 17.5 Å². The van der Waals surface area contributed by atoms with Gasteiger partial charge in [-0.2, -0.15) is 0 Å². The van der Waals surface area contributed by atoms with E-state index in [2.05, 4.69) is 11.8 Å². The normalized spacial score (nSPS) is 9.18. The van der Waals surface area contributed by atoms with Gasteiger partial charge in [-0.1, -0.05) is 54.3 Å². The maximum absolute atomic E-state index is 10.8. The van der Waals surface area contributed by atoms with E-state index in [1.807, 2.05) is 54.6 Å². The van der Waals surface area contributed by atoms with Gasteiger partial charge in [-0.25, -0.2) is 0 Å². The van der Waals surface area contributed by atoms with E-state index in [-0.39, 0.29) is 0 Å². The molecule has 0 saturated heterocycles. The molecule has 0 N–H and O–H groups in total. The summed E-state index contributed by atoms with van der Waals surface area (Å²) >= 11 is 0. The SMILES string of the molecule is O=Cc1ccccc1CC#Cc1ccccc1. The van der Waals surface area contributed by atoms with Gasteiger partial charge in [-0.3, -0.25) is 4.79 Å². The third-order valence-electron chi connectivity index (χ3n) is 2.47. The lowest BCUT2D eigenvalue weighted by Gasteiger charge is -1.98. The van der Waals surface area contributed by atoms with E-state index < -0.39 is 0 Å². The molecule has 0 aromatic heterocycles. The number of carbonyl (C=O) groups excluding carboxylic acids is 1. The first-order chi connectivity index (χ1) is 8.40. The van der Waals surface area contributed by atoms with Crippen LogP contribution in [0.5, 0.6) is 0 Å². The molecule has 0 aliphatic heterocycles. The van der Waals surface area contributed by atoms with Crippen LogP contribution in [-0.4, -0.2) is 6.29 Å². The topological polar surface area (TPSA) is 17.1 Å². The van der Waals surface area contributed by atoms with Crippen LogP contribution in [0.4, 0.5) is 0 Å². The standard InChI is InChI=1S/C16H12O/c17-13-16-11-5-4-10-15(16)12-6-9-14-7-2-1-3-8-14/h1-5,7-8,10-11,13H,12H2. The first kappa shape index (κ1) is 11.2. The van der Waals surface area contributed by atoms with Gasteiger partial charge in [0.05, 0.1) is 0 Å². The van der Waals surface area contributed by atoms with Gasteiger partial charge in [-0.05, 0) is 17.7 Å². The van der Waals surface area contributed by atoms with Crippen molar-refractivity contribution < 1.29 is 4.79 Å². The zero-order valence-corrected chi connectivity index (χ0v) is 9.39.